The smallest absolute Gasteiger partial charge is 0.269 e. The van der Waals surface area contributed by atoms with E-state index in [-0.39, 0.29) is 23.6 Å². The first-order chi connectivity index (χ1) is 11.8. The van der Waals surface area contributed by atoms with Crippen LogP contribution in [0.2, 0.25) is 0 Å². The highest BCUT2D eigenvalue weighted by Gasteiger charge is 2.23. The summed E-state index contributed by atoms with van der Waals surface area (Å²) in [5, 5.41) is 21.9. The van der Waals surface area contributed by atoms with E-state index < -0.39 is 4.92 Å². The molecule has 0 spiro atoms. The molecular formula is C19H30N2O4. The third-order valence-corrected chi connectivity index (χ3v) is 4.18. The van der Waals surface area contributed by atoms with E-state index in [2.05, 4.69) is 5.32 Å². The SMILES string of the molecule is CC(C)O.CCC(C(=O)NC1CCCCC1)c1ccc([N+](=O)[O-])cc1. The lowest BCUT2D eigenvalue weighted by Gasteiger charge is -2.25. The minimum Gasteiger partial charge on any atom is -0.394 e. The monoisotopic (exact) mass is 350 g/mol. The molecule has 6 heteroatoms. The van der Waals surface area contributed by atoms with Gasteiger partial charge in [-0.05, 0) is 38.7 Å². The third kappa shape index (κ3) is 7.65. The summed E-state index contributed by atoms with van der Waals surface area (Å²) >= 11 is 0. The van der Waals surface area contributed by atoms with E-state index in [0.29, 0.717) is 12.5 Å². The first-order valence-electron chi connectivity index (χ1n) is 9.08. The molecule has 1 aromatic rings. The summed E-state index contributed by atoms with van der Waals surface area (Å²) in [6, 6.07) is 6.59. The molecule has 25 heavy (non-hydrogen) atoms. The van der Waals surface area contributed by atoms with Crippen LogP contribution in [0.15, 0.2) is 24.3 Å². The number of carbonyl (C=O) groups is 1. The lowest BCUT2D eigenvalue weighted by molar-refractivity contribution is -0.384. The van der Waals surface area contributed by atoms with Crippen LogP contribution in [0, 0.1) is 10.1 Å². The Kier molecular flexibility index (Phi) is 9.13. The molecule has 2 N–H and O–H groups in total. The highest BCUT2D eigenvalue weighted by molar-refractivity contribution is 5.83. The molecule has 2 rings (SSSR count). The van der Waals surface area contributed by atoms with Crippen LogP contribution >= 0.6 is 0 Å². The molecule has 0 bridgehead atoms. The number of nitrogens with one attached hydrogen (secondary N) is 1. The Morgan fingerprint density at radius 2 is 1.76 bits per heavy atom. The topological polar surface area (TPSA) is 92.5 Å². The van der Waals surface area contributed by atoms with Gasteiger partial charge in [-0.2, -0.15) is 0 Å². The van der Waals surface area contributed by atoms with Gasteiger partial charge in [0.15, 0.2) is 0 Å². The molecule has 0 aromatic heterocycles. The van der Waals surface area contributed by atoms with Crippen molar-refractivity contribution in [2.45, 2.75) is 77.4 Å². The van der Waals surface area contributed by atoms with Crippen LogP contribution in [0.5, 0.6) is 0 Å². The summed E-state index contributed by atoms with van der Waals surface area (Å²) in [7, 11) is 0. The number of carbonyl (C=O) groups excluding carboxylic acids is 1. The summed E-state index contributed by atoms with van der Waals surface area (Å²) in [6.07, 6.45) is 6.26. The van der Waals surface area contributed by atoms with E-state index in [1.54, 1.807) is 26.0 Å². The number of nitro groups is 1. The number of amides is 1. The molecule has 6 nitrogen and oxygen atoms in total. The van der Waals surface area contributed by atoms with Gasteiger partial charge in [0.05, 0.1) is 10.8 Å². The second-order valence-electron chi connectivity index (χ2n) is 6.75. The van der Waals surface area contributed by atoms with Crippen molar-refractivity contribution in [2.24, 2.45) is 0 Å². The van der Waals surface area contributed by atoms with Crippen molar-refractivity contribution >= 4 is 11.6 Å². The van der Waals surface area contributed by atoms with Gasteiger partial charge in [0, 0.05) is 24.3 Å². The lowest BCUT2D eigenvalue weighted by atomic mass is 9.92. The third-order valence-electron chi connectivity index (χ3n) is 4.18. The minimum absolute atomic E-state index is 0.0400. The Labute approximate surface area is 149 Å². The van der Waals surface area contributed by atoms with Gasteiger partial charge >= 0.3 is 0 Å². The van der Waals surface area contributed by atoms with Crippen LogP contribution in [0.3, 0.4) is 0 Å². The highest BCUT2D eigenvalue weighted by Crippen LogP contribution is 2.24. The Morgan fingerprint density at radius 3 is 2.20 bits per heavy atom. The van der Waals surface area contributed by atoms with Crippen LogP contribution in [0.1, 0.15) is 70.8 Å². The van der Waals surface area contributed by atoms with E-state index in [0.717, 1.165) is 18.4 Å². The fourth-order valence-corrected chi connectivity index (χ4v) is 2.95. The summed E-state index contributed by atoms with van der Waals surface area (Å²) in [4.78, 5) is 22.7. The number of nitrogens with zero attached hydrogens (tertiary/aromatic N) is 1. The van der Waals surface area contributed by atoms with Crippen molar-refractivity contribution in [1.82, 2.24) is 5.32 Å². The van der Waals surface area contributed by atoms with E-state index in [4.69, 9.17) is 5.11 Å². The molecule has 1 aliphatic carbocycles. The van der Waals surface area contributed by atoms with Crippen molar-refractivity contribution < 1.29 is 14.8 Å². The predicted molar refractivity (Wildman–Crippen MR) is 98.5 cm³/mol. The van der Waals surface area contributed by atoms with E-state index in [1.165, 1.54) is 31.4 Å². The molecule has 1 unspecified atom stereocenters. The maximum absolute atomic E-state index is 12.4. The summed E-state index contributed by atoms with van der Waals surface area (Å²) in [6.45, 7) is 5.41. The van der Waals surface area contributed by atoms with Crippen LogP contribution in [-0.2, 0) is 4.79 Å². The molecule has 1 saturated carbocycles. The Bertz CT molecular complexity index is 534. The van der Waals surface area contributed by atoms with Gasteiger partial charge in [-0.25, -0.2) is 0 Å². The number of hydrogen-bond donors (Lipinski definition) is 2. The molecule has 0 radical (unpaired) electrons. The molecule has 140 valence electrons. The lowest BCUT2D eigenvalue weighted by Crippen LogP contribution is -2.39. The van der Waals surface area contributed by atoms with Gasteiger partial charge in [-0.15, -0.1) is 0 Å². The molecule has 1 atom stereocenters. The fourth-order valence-electron chi connectivity index (χ4n) is 2.95. The number of rotatable bonds is 5. The number of hydrogen-bond acceptors (Lipinski definition) is 4. The molecule has 0 aliphatic heterocycles. The number of non-ortho nitro benzene ring substituents is 1. The number of aliphatic hydroxyl groups excluding tert-OH is 1. The Balaban J connectivity index is 0.000000705. The maximum Gasteiger partial charge on any atom is 0.269 e. The average Bonchev–Trinajstić information content (AvgIpc) is 2.56. The number of aliphatic hydroxyl groups is 1. The number of benzene rings is 1. The summed E-state index contributed by atoms with van der Waals surface area (Å²) < 4.78 is 0. The van der Waals surface area contributed by atoms with Gasteiger partial charge in [0.2, 0.25) is 5.91 Å². The van der Waals surface area contributed by atoms with Gasteiger partial charge in [-0.3, -0.25) is 14.9 Å². The molecule has 1 amide bonds. The molecule has 0 saturated heterocycles. The van der Waals surface area contributed by atoms with Crippen LogP contribution in [0.25, 0.3) is 0 Å². The highest BCUT2D eigenvalue weighted by atomic mass is 16.6. The molecule has 1 aromatic carbocycles. The average molecular weight is 350 g/mol. The van der Waals surface area contributed by atoms with Crippen molar-refractivity contribution in [1.29, 1.82) is 0 Å². The van der Waals surface area contributed by atoms with E-state index in [9.17, 15) is 14.9 Å². The van der Waals surface area contributed by atoms with Gasteiger partial charge in [-0.1, -0.05) is 38.3 Å². The van der Waals surface area contributed by atoms with Crippen molar-refractivity contribution in [3.05, 3.63) is 39.9 Å². The Hall–Kier alpha value is -1.95. The summed E-state index contributed by atoms with van der Waals surface area (Å²) in [5.74, 6) is -0.189. The van der Waals surface area contributed by atoms with Crippen molar-refractivity contribution in [2.75, 3.05) is 0 Å². The van der Waals surface area contributed by atoms with Crippen LogP contribution < -0.4 is 5.32 Å². The maximum atomic E-state index is 12.4. The van der Waals surface area contributed by atoms with Gasteiger partial charge < -0.3 is 10.4 Å². The quantitative estimate of drug-likeness (QED) is 0.622. The van der Waals surface area contributed by atoms with Crippen molar-refractivity contribution in [3.63, 3.8) is 0 Å². The van der Waals surface area contributed by atoms with Crippen LogP contribution in [0.4, 0.5) is 5.69 Å². The largest absolute Gasteiger partial charge is 0.394 e. The second kappa shape index (κ2) is 10.8. The summed E-state index contributed by atoms with van der Waals surface area (Å²) in [5.41, 5.74) is 0.901. The van der Waals surface area contributed by atoms with Gasteiger partial charge in [0.25, 0.3) is 5.69 Å². The zero-order chi connectivity index (χ0) is 18.8. The zero-order valence-electron chi connectivity index (χ0n) is 15.4. The zero-order valence-corrected chi connectivity index (χ0v) is 15.4. The van der Waals surface area contributed by atoms with Gasteiger partial charge in [0.1, 0.15) is 0 Å². The molecule has 1 aliphatic rings. The van der Waals surface area contributed by atoms with Crippen molar-refractivity contribution in [3.8, 4) is 0 Å². The van der Waals surface area contributed by atoms with Crippen LogP contribution in [-0.4, -0.2) is 28.1 Å². The first kappa shape index (κ1) is 21.1. The number of nitro benzene ring substituents is 1. The van der Waals surface area contributed by atoms with E-state index >= 15 is 0 Å². The normalized spacial score (nSPS) is 15.9. The molecule has 0 heterocycles. The predicted octanol–water partition coefficient (Wildman–Crippen LogP) is 3.92. The van der Waals surface area contributed by atoms with E-state index in [1.807, 2.05) is 6.92 Å². The first-order valence-corrected chi connectivity index (χ1v) is 9.08. The standard InChI is InChI=1S/C16H22N2O3.C3H8O/c1-2-15(12-8-10-14(11-9-12)18(20)21)16(19)17-13-6-4-3-5-7-13;1-3(2)4/h8-11,13,15H,2-7H2,1H3,(H,17,19);3-4H,1-2H3. The minimum atomic E-state index is -0.424. The Morgan fingerprint density at radius 1 is 1.24 bits per heavy atom. The molecular weight excluding hydrogens is 320 g/mol. The molecule has 1 fully saturated rings. The second-order valence-corrected chi connectivity index (χ2v) is 6.75. The fraction of sp³-hybridized carbons (Fsp3) is 0.632.